The molecule has 23 heavy (non-hydrogen) atoms. The van der Waals surface area contributed by atoms with Crippen molar-refractivity contribution in [3.8, 4) is 16.9 Å². The number of halogens is 1. The standard InChI is InChI=1S/C15H12IN3O3S/c1-8-3-4-9(7-10(8)19(20)21)12-13-11(22-2)5-6-17-14(13)18-15(12)23-16/h3-7H,1-2H3,(H,17,18). The molecule has 0 aliphatic rings. The van der Waals surface area contributed by atoms with Crippen molar-refractivity contribution in [2.24, 2.45) is 0 Å². The van der Waals surface area contributed by atoms with Crippen molar-refractivity contribution < 1.29 is 9.66 Å². The molecule has 0 bridgehead atoms. The second-order valence-corrected chi connectivity index (χ2v) is 6.79. The van der Waals surface area contributed by atoms with Crippen LogP contribution in [0.5, 0.6) is 5.75 Å². The number of aromatic nitrogens is 2. The number of aromatic amines is 1. The average molecular weight is 441 g/mol. The second-order valence-electron chi connectivity index (χ2n) is 4.90. The number of nitrogens with one attached hydrogen (secondary N) is 1. The minimum Gasteiger partial charge on any atom is -0.496 e. The van der Waals surface area contributed by atoms with Gasteiger partial charge < -0.3 is 9.72 Å². The molecule has 2 aromatic heterocycles. The molecule has 0 saturated carbocycles. The van der Waals surface area contributed by atoms with Crippen LogP contribution in [-0.2, 0) is 0 Å². The van der Waals surface area contributed by atoms with Gasteiger partial charge >= 0.3 is 0 Å². The molecular formula is C15H12IN3O3S. The van der Waals surface area contributed by atoms with Crippen LogP contribution in [0.15, 0.2) is 35.5 Å². The van der Waals surface area contributed by atoms with Crippen molar-refractivity contribution in [3.05, 3.63) is 46.1 Å². The van der Waals surface area contributed by atoms with E-state index in [0.717, 1.165) is 21.5 Å². The maximum absolute atomic E-state index is 11.2. The molecule has 1 aromatic carbocycles. The number of hydrogen-bond donors (Lipinski definition) is 1. The highest BCUT2D eigenvalue weighted by Gasteiger charge is 2.20. The Morgan fingerprint density at radius 1 is 1.39 bits per heavy atom. The van der Waals surface area contributed by atoms with E-state index in [-0.39, 0.29) is 10.6 Å². The molecular weight excluding hydrogens is 429 g/mol. The smallest absolute Gasteiger partial charge is 0.272 e. The minimum absolute atomic E-state index is 0.101. The van der Waals surface area contributed by atoms with Crippen molar-refractivity contribution in [2.45, 2.75) is 11.9 Å². The Morgan fingerprint density at radius 3 is 2.83 bits per heavy atom. The summed E-state index contributed by atoms with van der Waals surface area (Å²) < 4.78 is 5.44. The van der Waals surface area contributed by atoms with E-state index in [2.05, 4.69) is 31.2 Å². The van der Waals surface area contributed by atoms with Crippen LogP contribution in [0.1, 0.15) is 5.56 Å². The lowest BCUT2D eigenvalue weighted by molar-refractivity contribution is -0.385. The Morgan fingerprint density at radius 2 is 2.17 bits per heavy atom. The van der Waals surface area contributed by atoms with E-state index in [9.17, 15) is 10.1 Å². The highest BCUT2D eigenvalue weighted by molar-refractivity contribution is 14.2. The van der Waals surface area contributed by atoms with Crippen molar-refractivity contribution in [1.29, 1.82) is 0 Å². The number of H-pyrrole nitrogens is 1. The third-order valence-electron chi connectivity index (χ3n) is 3.61. The molecule has 0 aliphatic heterocycles. The molecule has 0 fully saturated rings. The van der Waals surface area contributed by atoms with Crippen LogP contribution in [0.2, 0.25) is 0 Å². The summed E-state index contributed by atoms with van der Waals surface area (Å²) in [6.45, 7) is 1.73. The number of nitro groups is 1. The van der Waals surface area contributed by atoms with Gasteiger partial charge in [-0.2, -0.15) is 0 Å². The summed E-state index contributed by atoms with van der Waals surface area (Å²) in [5, 5.41) is 12.9. The number of pyridine rings is 1. The lowest BCUT2D eigenvalue weighted by Gasteiger charge is -2.07. The Labute approximate surface area is 148 Å². The molecule has 3 aromatic rings. The first-order valence-electron chi connectivity index (χ1n) is 6.65. The number of fused-ring (bicyclic) bond motifs is 1. The molecule has 3 rings (SSSR count). The van der Waals surface area contributed by atoms with Crippen LogP contribution < -0.4 is 4.74 Å². The Hall–Kier alpha value is -1.81. The lowest BCUT2D eigenvalue weighted by Crippen LogP contribution is -1.92. The van der Waals surface area contributed by atoms with Gasteiger partial charge in [0.25, 0.3) is 5.69 Å². The first-order valence-corrected chi connectivity index (χ1v) is 10.0. The number of rotatable bonds is 4. The van der Waals surface area contributed by atoms with Gasteiger partial charge in [-0.1, -0.05) is 12.1 Å². The predicted molar refractivity (Wildman–Crippen MR) is 99.4 cm³/mol. The minimum atomic E-state index is -0.361. The number of ether oxygens (including phenoxy) is 1. The van der Waals surface area contributed by atoms with Crippen LogP contribution in [0.4, 0.5) is 5.69 Å². The van der Waals surface area contributed by atoms with Crippen molar-refractivity contribution in [1.82, 2.24) is 9.97 Å². The van der Waals surface area contributed by atoms with Crippen LogP contribution in [-0.4, -0.2) is 22.0 Å². The Balaban J connectivity index is 2.35. The van der Waals surface area contributed by atoms with Gasteiger partial charge in [0.1, 0.15) is 11.4 Å². The monoisotopic (exact) mass is 441 g/mol. The molecule has 0 unspecified atom stereocenters. The summed E-state index contributed by atoms with van der Waals surface area (Å²) in [4.78, 5) is 18.5. The topological polar surface area (TPSA) is 81.0 Å². The molecule has 6 nitrogen and oxygen atoms in total. The maximum atomic E-state index is 11.2. The van der Waals surface area contributed by atoms with E-state index in [1.54, 1.807) is 38.4 Å². The fourth-order valence-electron chi connectivity index (χ4n) is 2.53. The van der Waals surface area contributed by atoms with Crippen LogP contribution >= 0.6 is 30.1 Å². The fourth-order valence-corrected chi connectivity index (χ4v) is 3.95. The maximum Gasteiger partial charge on any atom is 0.272 e. The molecule has 0 saturated heterocycles. The van der Waals surface area contributed by atoms with Gasteiger partial charge in [0.05, 0.1) is 22.4 Å². The molecule has 0 atom stereocenters. The Kier molecular flexibility index (Phi) is 4.44. The van der Waals surface area contributed by atoms with Gasteiger partial charge in [-0.15, -0.1) is 0 Å². The van der Waals surface area contributed by atoms with Crippen LogP contribution in [0, 0.1) is 17.0 Å². The molecule has 2 heterocycles. The first-order chi connectivity index (χ1) is 11.1. The van der Waals surface area contributed by atoms with E-state index in [1.165, 1.54) is 8.93 Å². The summed E-state index contributed by atoms with van der Waals surface area (Å²) in [5.74, 6) is 0.682. The number of nitrogens with zero attached hydrogens (tertiary/aromatic N) is 2. The van der Waals surface area contributed by atoms with Gasteiger partial charge in [-0.25, -0.2) is 4.98 Å². The van der Waals surface area contributed by atoms with Gasteiger partial charge in [0.2, 0.25) is 0 Å². The molecule has 118 valence electrons. The summed E-state index contributed by atoms with van der Waals surface area (Å²) in [7, 11) is 3.10. The average Bonchev–Trinajstić information content (AvgIpc) is 2.93. The molecule has 0 radical (unpaired) electrons. The third kappa shape index (κ3) is 2.76. The van der Waals surface area contributed by atoms with Crippen LogP contribution in [0.25, 0.3) is 22.2 Å². The van der Waals surface area contributed by atoms with Crippen molar-refractivity contribution in [3.63, 3.8) is 0 Å². The number of benzene rings is 1. The normalized spacial score (nSPS) is 10.9. The van der Waals surface area contributed by atoms with E-state index < -0.39 is 0 Å². The van der Waals surface area contributed by atoms with Gasteiger partial charge in [0.15, 0.2) is 0 Å². The van der Waals surface area contributed by atoms with E-state index in [0.29, 0.717) is 17.0 Å². The quantitative estimate of drug-likeness (QED) is 0.354. The number of nitro benzene ring substituents is 1. The number of methoxy groups -OCH3 is 1. The molecule has 0 aliphatic carbocycles. The first kappa shape index (κ1) is 16.1. The summed E-state index contributed by atoms with van der Waals surface area (Å²) >= 11 is 2.18. The zero-order valence-corrected chi connectivity index (χ0v) is 15.3. The second kappa shape index (κ2) is 6.36. The third-order valence-corrected chi connectivity index (χ3v) is 5.39. The van der Waals surface area contributed by atoms with E-state index in [4.69, 9.17) is 4.74 Å². The van der Waals surface area contributed by atoms with Crippen molar-refractivity contribution in [2.75, 3.05) is 7.11 Å². The highest BCUT2D eigenvalue weighted by Crippen LogP contribution is 2.44. The summed E-state index contributed by atoms with van der Waals surface area (Å²) in [5.41, 5.74) is 3.06. The molecule has 0 amide bonds. The van der Waals surface area contributed by atoms with E-state index >= 15 is 0 Å². The number of aryl methyl sites for hydroxylation is 1. The largest absolute Gasteiger partial charge is 0.496 e. The van der Waals surface area contributed by atoms with Gasteiger partial charge in [-0.3, -0.25) is 10.1 Å². The van der Waals surface area contributed by atoms with Gasteiger partial charge in [0, 0.05) is 44.6 Å². The van der Waals surface area contributed by atoms with Crippen molar-refractivity contribution >= 4 is 46.9 Å². The zero-order chi connectivity index (χ0) is 16.6. The lowest BCUT2D eigenvalue weighted by atomic mass is 10.0. The predicted octanol–water partition coefficient (Wildman–Crippen LogP) is 4.90. The molecule has 0 spiro atoms. The fraction of sp³-hybridized carbons (Fsp3) is 0.133. The van der Waals surface area contributed by atoms with Crippen LogP contribution in [0.3, 0.4) is 0 Å². The SMILES string of the molecule is COc1ccnc2[nH]c(SI)c(-c3ccc(C)c([N+](=O)[O-])c3)c12. The molecule has 1 N–H and O–H groups in total. The Bertz CT molecular complexity index is 910. The highest BCUT2D eigenvalue weighted by atomic mass is 127. The van der Waals surface area contributed by atoms with Gasteiger partial charge in [-0.05, 0) is 27.5 Å². The summed E-state index contributed by atoms with van der Waals surface area (Å²) in [6, 6.07) is 7.02. The summed E-state index contributed by atoms with van der Waals surface area (Å²) in [6.07, 6.45) is 1.67. The van der Waals surface area contributed by atoms with E-state index in [1.807, 2.05) is 6.07 Å². The number of hydrogen-bond acceptors (Lipinski definition) is 5. The zero-order valence-electron chi connectivity index (χ0n) is 12.3. The molecule has 8 heteroatoms.